The summed E-state index contributed by atoms with van der Waals surface area (Å²) in [5, 5.41) is 17.7. The van der Waals surface area contributed by atoms with Crippen LogP contribution < -0.4 is 0 Å². The topological polar surface area (TPSA) is 49.4 Å². The van der Waals surface area contributed by atoms with E-state index in [-0.39, 0.29) is 0 Å². The van der Waals surface area contributed by atoms with Crippen molar-refractivity contribution < 1.29 is 0 Å². The molecule has 0 radical (unpaired) electrons. The number of azo groups is 2. The molecule has 0 fully saturated rings. The zero-order valence-corrected chi connectivity index (χ0v) is 32.9. The number of hydrogen-bond donors (Lipinski definition) is 0. The van der Waals surface area contributed by atoms with Crippen molar-refractivity contribution in [2.45, 2.75) is 90.0 Å². The Kier molecular flexibility index (Phi) is 32.6. The Morgan fingerprint density at radius 2 is 0.816 bits per heavy atom. The van der Waals surface area contributed by atoms with E-state index in [2.05, 4.69) is 85.3 Å². The van der Waals surface area contributed by atoms with Gasteiger partial charge in [0.05, 0.1) is 22.8 Å². The van der Waals surface area contributed by atoms with Crippen LogP contribution in [0.15, 0.2) is 212 Å². The molecule has 264 valence electrons. The monoisotopic (exact) mass is 661 g/mol. The molecule has 0 N–H and O–H groups in total. The summed E-state index contributed by atoms with van der Waals surface area (Å²) in [5.41, 5.74) is 9.37. The molecule has 0 spiro atoms. The lowest BCUT2D eigenvalue weighted by molar-refractivity contribution is 1.07. The summed E-state index contributed by atoms with van der Waals surface area (Å²) in [6.45, 7) is 37.6. The highest BCUT2D eigenvalue weighted by Gasteiger charge is 1.97. The second-order valence-corrected chi connectivity index (χ2v) is 10.2. The molecule has 0 aliphatic heterocycles. The predicted octanol–water partition coefficient (Wildman–Crippen LogP) is 15.4. The summed E-state index contributed by atoms with van der Waals surface area (Å²) in [6, 6.07) is 0. The van der Waals surface area contributed by atoms with Crippen LogP contribution in [0.3, 0.4) is 0 Å². The van der Waals surface area contributed by atoms with Crippen LogP contribution in [0.1, 0.15) is 90.0 Å². The second kappa shape index (κ2) is 33.0. The van der Waals surface area contributed by atoms with Gasteiger partial charge in [-0.15, -0.1) is 0 Å². The van der Waals surface area contributed by atoms with E-state index in [0.717, 1.165) is 39.3 Å². The number of hydrogen-bond acceptors (Lipinski definition) is 4. The van der Waals surface area contributed by atoms with Gasteiger partial charge in [-0.1, -0.05) is 138 Å². The van der Waals surface area contributed by atoms with Crippen molar-refractivity contribution >= 4 is 0 Å². The van der Waals surface area contributed by atoms with Crippen molar-refractivity contribution in [3.05, 3.63) is 191 Å². The molecule has 0 bridgehead atoms. The summed E-state index contributed by atoms with van der Waals surface area (Å²) >= 11 is 0. The van der Waals surface area contributed by atoms with Gasteiger partial charge >= 0.3 is 0 Å². The Balaban J connectivity index is -0.00000508. The molecule has 0 amide bonds. The lowest BCUT2D eigenvalue weighted by Gasteiger charge is -2.02. The van der Waals surface area contributed by atoms with E-state index in [1.54, 1.807) is 6.08 Å². The van der Waals surface area contributed by atoms with E-state index in [9.17, 15) is 0 Å². The van der Waals surface area contributed by atoms with Crippen LogP contribution >= 0.6 is 0 Å². The maximum Gasteiger partial charge on any atom is 0.0854 e. The highest BCUT2D eigenvalue weighted by atomic mass is 15.1. The van der Waals surface area contributed by atoms with E-state index < -0.39 is 0 Å². The first-order chi connectivity index (χ1) is 23.5. The first-order valence-electron chi connectivity index (χ1n) is 17.0. The van der Waals surface area contributed by atoms with Gasteiger partial charge in [0.25, 0.3) is 0 Å². The van der Waals surface area contributed by atoms with Gasteiger partial charge in [0.15, 0.2) is 0 Å². The highest BCUT2D eigenvalue weighted by Crippen LogP contribution is 2.16. The summed E-state index contributed by atoms with van der Waals surface area (Å²) < 4.78 is 0. The molecule has 4 heteroatoms. The second-order valence-electron chi connectivity index (χ2n) is 10.2. The van der Waals surface area contributed by atoms with Crippen LogP contribution in [-0.2, 0) is 0 Å². The number of allylic oxidation sites excluding steroid dienone is 27. The molecule has 0 aromatic rings. The standard InChI is InChI=1S/C41H52N4.2C2H6/c1-13-19-39(34(10)24-23-33(9)16-4)28-25-35(11)42-44-40(20-14-2)30-26-36(12)43-45-41(21-15-3)31-29-38(18-6)37(17-5)27-22-32(7)8;2*1-2/h13-31H,4-6H2,1-3,7-12H3;2*1-2H3/b19-13-,20-14-,21-15-,33-23-,34-24+,35-25+,36-26+,37-27+,38-29+,39-28+,40-30+,41-31+,44-42+,45-43+;;. The van der Waals surface area contributed by atoms with Crippen LogP contribution in [0.2, 0.25) is 0 Å². The smallest absolute Gasteiger partial charge is 0.0854 e. The number of rotatable bonds is 17. The quantitative estimate of drug-likeness (QED) is 0.110. The fourth-order valence-electron chi connectivity index (χ4n) is 3.26. The molecular weight excluding hydrogens is 597 g/mol. The van der Waals surface area contributed by atoms with Crippen molar-refractivity contribution in [3.8, 4) is 0 Å². The lowest BCUT2D eigenvalue weighted by Crippen LogP contribution is -1.82. The van der Waals surface area contributed by atoms with Crippen LogP contribution in [0.4, 0.5) is 0 Å². The fourth-order valence-corrected chi connectivity index (χ4v) is 3.26. The Bertz CT molecular complexity index is 1490. The van der Waals surface area contributed by atoms with Gasteiger partial charge in [-0.2, -0.15) is 20.5 Å². The molecule has 0 aromatic carbocycles. The van der Waals surface area contributed by atoms with Crippen molar-refractivity contribution in [1.29, 1.82) is 0 Å². The minimum atomic E-state index is 0.696. The molecule has 0 saturated heterocycles. The Morgan fingerprint density at radius 3 is 1.22 bits per heavy atom. The molecule has 0 unspecified atom stereocenters. The molecule has 0 aliphatic rings. The zero-order valence-electron chi connectivity index (χ0n) is 32.9. The van der Waals surface area contributed by atoms with Gasteiger partial charge in [0.1, 0.15) is 0 Å². The fraction of sp³-hybridized carbons (Fsp3) is 0.289. The maximum atomic E-state index is 4.43. The first kappa shape index (κ1) is 48.4. The number of nitrogens with zero attached hydrogens (tertiary/aromatic N) is 4. The molecule has 0 aliphatic carbocycles. The summed E-state index contributed by atoms with van der Waals surface area (Å²) in [6.07, 6.45) is 37.0. The van der Waals surface area contributed by atoms with Crippen molar-refractivity contribution in [1.82, 2.24) is 0 Å². The average Bonchev–Trinajstić information content (AvgIpc) is 3.11. The average molecular weight is 661 g/mol. The summed E-state index contributed by atoms with van der Waals surface area (Å²) in [7, 11) is 0. The third-order valence-corrected chi connectivity index (χ3v) is 5.84. The van der Waals surface area contributed by atoms with Crippen LogP contribution in [-0.4, -0.2) is 0 Å². The van der Waals surface area contributed by atoms with Crippen molar-refractivity contribution in [2.24, 2.45) is 20.5 Å². The first-order valence-corrected chi connectivity index (χ1v) is 17.0. The van der Waals surface area contributed by atoms with Crippen LogP contribution in [0.5, 0.6) is 0 Å². The Labute approximate surface area is 301 Å². The Morgan fingerprint density at radius 1 is 0.408 bits per heavy atom. The third-order valence-electron chi connectivity index (χ3n) is 5.84. The maximum absolute atomic E-state index is 4.43. The van der Waals surface area contributed by atoms with Gasteiger partial charge in [0.2, 0.25) is 0 Å². The summed E-state index contributed by atoms with van der Waals surface area (Å²) in [4.78, 5) is 0. The van der Waals surface area contributed by atoms with E-state index in [1.807, 2.05) is 154 Å². The highest BCUT2D eigenvalue weighted by molar-refractivity contribution is 5.49. The third kappa shape index (κ3) is 25.8. The molecule has 4 nitrogen and oxygen atoms in total. The Hall–Kier alpha value is -4.96. The molecule has 0 atom stereocenters. The minimum Gasteiger partial charge on any atom is -0.155 e. The van der Waals surface area contributed by atoms with Crippen LogP contribution in [0.25, 0.3) is 0 Å². The van der Waals surface area contributed by atoms with Gasteiger partial charge in [0, 0.05) is 0 Å². The van der Waals surface area contributed by atoms with Gasteiger partial charge < -0.3 is 0 Å². The normalized spacial score (nSPS) is 14.8. The SMILES string of the molecule is C=C\C(C)=C/C=C(C)/C(/C=C\C)=C/C=C(C)/N=N/C(/C=C\C)=C/C=C(C)/N=N/C(/C=C\C)=C/C=C(C=C)/C(C=C)=C/C=C(C)C.CC.CC. The lowest BCUT2D eigenvalue weighted by atomic mass is 10.0. The van der Waals surface area contributed by atoms with E-state index in [1.165, 1.54) is 5.57 Å². The molecular formula is C45H64N4. The van der Waals surface area contributed by atoms with E-state index >= 15 is 0 Å². The molecule has 0 aromatic heterocycles. The largest absolute Gasteiger partial charge is 0.155 e. The van der Waals surface area contributed by atoms with Crippen molar-refractivity contribution in [3.63, 3.8) is 0 Å². The molecule has 0 rings (SSSR count). The van der Waals surface area contributed by atoms with Gasteiger partial charge in [-0.3, -0.25) is 0 Å². The molecule has 49 heavy (non-hydrogen) atoms. The summed E-state index contributed by atoms with van der Waals surface area (Å²) in [5.74, 6) is 0. The van der Waals surface area contributed by atoms with E-state index in [0.29, 0.717) is 11.4 Å². The molecule has 0 saturated carbocycles. The van der Waals surface area contributed by atoms with Crippen molar-refractivity contribution in [2.75, 3.05) is 0 Å². The molecule has 0 heterocycles. The van der Waals surface area contributed by atoms with Crippen LogP contribution in [0, 0.1) is 0 Å². The zero-order chi connectivity index (χ0) is 38.0. The van der Waals surface area contributed by atoms with Gasteiger partial charge in [-0.05, 0) is 121 Å². The van der Waals surface area contributed by atoms with E-state index in [4.69, 9.17) is 0 Å². The minimum absolute atomic E-state index is 0.696. The predicted molar refractivity (Wildman–Crippen MR) is 222 cm³/mol. The van der Waals surface area contributed by atoms with Gasteiger partial charge in [-0.25, -0.2) is 0 Å².